The molecule has 2 aromatic rings. The van der Waals surface area contributed by atoms with Crippen LogP contribution in [0.2, 0.25) is 0 Å². The summed E-state index contributed by atoms with van der Waals surface area (Å²) >= 11 is 2.09. The largest absolute Gasteiger partial charge is 0.462 e. The lowest BCUT2D eigenvalue weighted by Gasteiger charge is -2.10. The number of aryl methyl sites for hydroxylation is 1. The van der Waals surface area contributed by atoms with Crippen molar-refractivity contribution in [3.63, 3.8) is 0 Å². The maximum Gasteiger partial charge on any atom is 0.343 e. The Morgan fingerprint density at radius 1 is 1.47 bits per heavy atom. The normalized spacial score (nSPS) is 10.7. The fraction of sp³-hybridized carbons (Fsp3) is 0.308. The van der Waals surface area contributed by atoms with Crippen LogP contribution >= 0.6 is 22.6 Å². The number of carbonyl (C=O) groups excluding carboxylic acids is 1. The number of pyridine rings is 2. The van der Waals surface area contributed by atoms with Crippen LogP contribution in [-0.4, -0.2) is 22.1 Å². The Balaban J connectivity index is 2.77. The molecule has 2 heterocycles. The van der Waals surface area contributed by atoms with Crippen LogP contribution in [0.25, 0.3) is 11.0 Å². The second-order valence-electron chi connectivity index (χ2n) is 3.90. The Hall–Kier alpha value is -1.44. The van der Waals surface area contributed by atoms with Crippen LogP contribution in [0.4, 0.5) is 0 Å². The van der Waals surface area contributed by atoms with Crippen LogP contribution in [0.15, 0.2) is 23.3 Å². The summed E-state index contributed by atoms with van der Waals surface area (Å²) in [5.41, 5.74) is 0.310. The van der Waals surface area contributed by atoms with Gasteiger partial charge in [-0.05, 0) is 42.5 Å². The minimum Gasteiger partial charge on any atom is -0.462 e. The summed E-state index contributed by atoms with van der Waals surface area (Å²) in [4.78, 5) is 28.4. The van der Waals surface area contributed by atoms with Gasteiger partial charge in [-0.2, -0.15) is 0 Å². The molecular weight excluding hydrogens is 359 g/mol. The van der Waals surface area contributed by atoms with Crippen LogP contribution < -0.4 is 5.43 Å². The van der Waals surface area contributed by atoms with Crippen molar-refractivity contribution in [3.8, 4) is 0 Å². The van der Waals surface area contributed by atoms with Crippen molar-refractivity contribution in [2.24, 2.45) is 0 Å². The second-order valence-corrected chi connectivity index (χ2v) is 5.15. The molecular formula is C13H13IN2O3. The first-order valence-electron chi connectivity index (χ1n) is 5.94. The Morgan fingerprint density at radius 2 is 2.21 bits per heavy atom. The molecule has 0 atom stereocenters. The lowest BCUT2D eigenvalue weighted by atomic mass is 10.2. The smallest absolute Gasteiger partial charge is 0.343 e. The molecule has 0 radical (unpaired) electrons. The van der Waals surface area contributed by atoms with Gasteiger partial charge in [0.15, 0.2) is 0 Å². The molecule has 2 rings (SSSR count). The Morgan fingerprint density at radius 3 is 2.84 bits per heavy atom. The number of nitrogens with zero attached hydrogens (tertiary/aromatic N) is 2. The molecule has 0 unspecified atom stereocenters. The fourth-order valence-corrected chi connectivity index (χ4v) is 2.29. The molecule has 19 heavy (non-hydrogen) atoms. The molecule has 0 saturated carbocycles. The summed E-state index contributed by atoms with van der Waals surface area (Å²) in [5.74, 6) is -0.588. The quantitative estimate of drug-likeness (QED) is 0.612. The van der Waals surface area contributed by atoms with Crippen LogP contribution in [0.1, 0.15) is 24.2 Å². The van der Waals surface area contributed by atoms with Gasteiger partial charge in [-0.25, -0.2) is 9.78 Å². The Kier molecular flexibility index (Phi) is 4.18. The molecule has 0 aliphatic rings. The van der Waals surface area contributed by atoms with Gasteiger partial charge in [-0.1, -0.05) is 0 Å². The standard InChI is InChI=1S/C13H13IN2O3/c1-3-16-7-10(13(18)19-4-2)11(17)9-5-8(14)6-15-12(9)16/h5-7H,3-4H2,1-2H3. The van der Waals surface area contributed by atoms with E-state index in [1.807, 2.05) is 6.92 Å². The summed E-state index contributed by atoms with van der Waals surface area (Å²) in [6.07, 6.45) is 3.21. The maximum absolute atomic E-state index is 12.3. The first-order valence-corrected chi connectivity index (χ1v) is 7.02. The van der Waals surface area contributed by atoms with Crippen molar-refractivity contribution >= 4 is 39.6 Å². The number of esters is 1. The van der Waals surface area contributed by atoms with Gasteiger partial charge in [0, 0.05) is 22.5 Å². The summed E-state index contributed by atoms with van der Waals surface area (Å²) in [7, 11) is 0. The summed E-state index contributed by atoms with van der Waals surface area (Å²) < 4.78 is 7.54. The predicted molar refractivity (Wildman–Crippen MR) is 80.4 cm³/mol. The number of halogens is 1. The lowest BCUT2D eigenvalue weighted by Crippen LogP contribution is -2.21. The second kappa shape index (κ2) is 5.68. The third-order valence-electron chi connectivity index (χ3n) is 2.72. The molecule has 0 aromatic carbocycles. The molecule has 2 aromatic heterocycles. The van der Waals surface area contributed by atoms with E-state index in [0.29, 0.717) is 17.6 Å². The highest BCUT2D eigenvalue weighted by Gasteiger charge is 2.16. The van der Waals surface area contributed by atoms with Crippen LogP contribution in [0.5, 0.6) is 0 Å². The minimum absolute atomic E-state index is 0.0556. The zero-order valence-corrected chi connectivity index (χ0v) is 12.8. The van der Waals surface area contributed by atoms with Gasteiger partial charge in [-0.3, -0.25) is 4.79 Å². The predicted octanol–water partition coefficient (Wildman–Crippen LogP) is 2.20. The topological polar surface area (TPSA) is 61.2 Å². The number of ether oxygens (including phenoxy) is 1. The van der Waals surface area contributed by atoms with Crippen LogP contribution in [0, 0.1) is 3.57 Å². The molecule has 100 valence electrons. The molecule has 0 aliphatic heterocycles. The first kappa shape index (κ1) is 14.0. The zero-order valence-electron chi connectivity index (χ0n) is 10.6. The number of aromatic nitrogens is 2. The SMILES string of the molecule is CCOC(=O)c1cn(CC)c2ncc(I)cc2c1=O. The zero-order chi connectivity index (χ0) is 14.0. The maximum atomic E-state index is 12.3. The van der Waals surface area contributed by atoms with Crippen molar-refractivity contribution in [2.75, 3.05) is 6.61 Å². The van der Waals surface area contributed by atoms with Crippen molar-refractivity contribution in [3.05, 3.63) is 37.8 Å². The van der Waals surface area contributed by atoms with Gasteiger partial charge in [-0.15, -0.1) is 0 Å². The van der Waals surface area contributed by atoms with Gasteiger partial charge >= 0.3 is 5.97 Å². The third-order valence-corrected chi connectivity index (χ3v) is 3.31. The van der Waals surface area contributed by atoms with Gasteiger partial charge in [0.05, 0.1) is 12.0 Å². The summed E-state index contributed by atoms with van der Waals surface area (Å²) in [5, 5.41) is 0.444. The highest BCUT2D eigenvalue weighted by Crippen LogP contribution is 2.13. The average Bonchev–Trinajstić information content (AvgIpc) is 2.40. The van der Waals surface area contributed by atoms with E-state index < -0.39 is 5.97 Å². The Labute approximate surface area is 123 Å². The van der Waals surface area contributed by atoms with Crippen molar-refractivity contribution in [2.45, 2.75) is 20.4 Å². The highest BCUT2D eigenvalue weighted by atomic mass is 127. The number of carbonyl (C=O) groups is 1. The highest BCUT2D eigenvalue weighted by molar-refractivity contribution is 14.1. The number of rotatable bonds is 3. The number of hydrogen-bond donors (Lipinski definition) is 0. The molecule has 0 spiro atoms. The van der Waals surface area contributed by atoms with Gasteiger partial charge in [0.2, 0.25) is 5.43 Å². The van der Waals surface area contributed by atoms with Crippen molar-refractivity contribution in [1.82, 2.24) is 9.55 Å². The van der Waals surface area contributed by atoms with Crippen LogP contribution in [-0.2, 0) is 11.3 Å². The molecule has 6 heteroatoms. The molecule has 0 amide bonds. The molecule has 0 saturated heterocycles. The van der Waals surface area contributed by atoms with E-state index in [1.54, 1.807) is 23.8 Å². The third kappa shape index (κ3) is 2.63. The molecule has 0 bridgehead atoms. The van der Waals surface area contributed by atoms with E-state index in [1.165, 1.54) is 6.20 Å². The monoisotopic (exact) mass is 372 g/mol. The number of hydrogen-bond acceptors (Lipinski definition) is 4. The summed E-state index contributed by atoms with van der Waals surface area (Å²) in [6, 6.07) is 1.74. The van der Waals surface area contributed by atoms with Gasteiger partial charge in [0.25, 0.3) is 0 Å². The summed E-state index contributed by atoms with van der Waals surface area (Å²) in [6.45, 7) is 4.50. The molecule has 0 aliphatic carbocycles. The molecule has 0 N–H and O–H groups in total. The van der Waals surface area contributed by atoms with E-state index in [4.69, 9.17) is 4.74 Å². The molecule has 0 fully saturated rings. The van der Waals surface area contributed by atoms with Gasteiger partial charge < -0.3 is 9.30 Å². The van der Waals surface area contributed by atoms with Crippen molar-refractivity contribution < 1.29 is 9.53 Å². The van der Waals surface area contributed by atoms with E-state index >= 15 is 0 Å². The van der Waals surface area contributed by atoms with Gasteiger partial charge in [0.1, 0.15) is 11.2 Å². The van der Waals surface area contributed by atoms with E-state index in [0.717, 1.165) is 3.57 Å². The average molecular weight is 372 g/mol. The fourth-order valence-electron chi connectivity index (χ4n) is 1.84. The van der Waals surface area contributed by atoms with Crippen LogP contribution in [0.3, 0.4) is 0 Å². The molecule has 5 nitrogen and oxygen atoms in total. The van der Waals surface area contributed by atoms with E-state index in [2.05, 4.69) is 27.6 Å². The lowest BCUT2D eigenvalue weighted by molar-refractivity contribution is 0.0524. The minimum atomic E-state index is -0.588. The number of fused-ring (bicyclic) bond motifs is 1. The van der Waals surface area contributed by atoms with Crippen molar-refractivity contribution in [1.29, 1.82) is 0 Å². The van der Waals surface area contributed by atoms with E-state index in [9.17, 15) is 9.59 Å². The van der Waals surface area contributed by atoms with E-state index in [-0.39, 0.29) is 17.6 Å². The Bertz CT molecular complexity index is 694. The first-order chi connectivity index (χ1) is 9.08.